The number of hydrogen-bond acceptors (Lipinski definition) is 2. The van der Waals surface area contributed by atoms with Crippen molar-refractivity contribution in [1.82, 2.24) is 0 Å². The van der Waals surface area contributed by atoms with Gasteiger partial charge in [-0.3, -0.25) is 0 Å². The molecule has 1 aromatic rings. The largest absolute Gasteiger partial charge is 0.478 e. The molecule has 0 aromatic heterocycles. The van der Waals surface area contributed by atoms with Crippen LogP contribution in [0.4, 0.5) is 0 Å². The summed E-state index contributed by atoms with van der Waals surface area (Å²) in [7, 11) is 0. The van der Waals surface area contributed by atoms with Gasteiger partial charge < -0.3 is 10.8 Å². The normalized spacial score (nSPS) is 12.1. The van der Waals surface area contributed by atoms with Crippen LogP contribution in [-0.2, 0) is 0 Å². The molecule has 1 rings (SSSR count). The number of aryl methyl sites for hydroxylation is 1. The standard InChI is InChI=1S/C11H13NO2/c1-3-10(12)9-6-8(11(13)14)5-4-7(9)2/h3-6,10H,1,12H2,2H3,(H,13,14)/t10-/m1/s1. The van der Waals surface area contributed by atoms with Gasteiger partial charge in [-0.1, -0.05) is 12.1 Å². The second-order valence-electron chi connectivity index (χ2n) is 3.14. The molecule has 0 aliphatic rings. The van der Waals surface area contributed by atoms with Crippen LogP contribution in [0.2, 0.25) is 0 Å². The van der Waals surface area contributed by atoms with Crippen LogP contribution in [-0.4, -0.2) is 11.1 Å². The van der Waals surface area contributed by atoms with Gasteiger partial charge in [0.15, 0.2) is 0 Å². The lowest BCUT2D eigenvalue weighted by atomic mass is 9.99. The molecule has 0 amide bonds. The predicted octanol–water partition coefficient (Wildman–Crippen LogP) is 1.88. The molecular weight excluding hydrogens is 178 g/mol. The van der Waals surface area contributed by atoms with Crippen LogP contribution in [0.3, 0.4) is 0 Å². The summed E-state index contributed by atoms with van der Waals surface area (Å²) in [5.74, 6) is -0.942. The van der Waals surface area contributed by atoms with Gasteiger partial charge in [0, 0.05) is 6.04 Å². The molecule has 0 heterocycles. The summed E-state index contributed by atoms with van der Waals surface area (Å²) >= 11 is 0. The lowest BCUT2D eigenvalue weighted by molar-refractivity contribution is 0.0697. The Bertz CT molecular complexity index is 372. The van der Waals surface area contributed by atoms with Crippen molar-refractivity contribution in [2.75, 3.05) is 0 Å². The summed E-state index contributed by atoms with van der Waals surface area (Å²) in [6, 6.07) is 4.60. The first kappa shape index (κ1) is 10.5. The van der Waals surface area contributed by atoms with Gasteiger partial charge in [0.2, 0.25) is 0 Å². The monoisotopic (exact) mass is 191 g/mol. The van der Waals surface area contributed by atoms with Crippen molar-refractivity contribution >= 4 is 5.97 Å². The Morgan fingerprint density at radius 3 is 2.79 bits per heavy atom. The highest BCUT2D eigenvalue weighted by Gasteiger charge is 2.09. The van der Waals surface area contributed by atoms with E-state index in [0.717, 1.165) is 11.1 Å². The summed E-state index contributed by atoms with van der Waals surface area (Å²) in [6.07, 6.45) is 1.59. The van der Waals surface area contributed by atoms with Gasteiger partial charge in [0.05, 0.1) is 5.56 Å². The van der Waals surface area contributed by atoms with E-state index in [0.29, 0.717) is 0 Å². The van der Waals surface area contributed by atoms with Crippen LogP contribution >= 0.6 is 0 Å². The molecule has 0 aliphatic carbocycles. The van der Waals surface area contributed by atoms with Gasteiger partial charge in [-0.25, -0.2) is 4.79 Å². The Hall–Kier alpha value is -1.61. The number of carboxylic acid groups (broad SMARTS) is 1. The maximum atomic E-state index is 10.7. The molecule has 74 valence electrons. The van der Waals surface area contributed by atoms with Crippen molar-refractivity contribution in [3.63, 3.8) is 0 Å². The first-order chi connectivity index (χ1) is 6.56. The Kier molecular flexibility index (Phi) is 3.04. The minimum Gasteiger partial charge on any atom is -0.478 e. The molecular formula is C11H13NO2. The van der Waals surface area contributed by atoms with Gasteiger partial charge in [0.25, 0.3) is 0 Å². The number of rotatable bonds is 3. The summed E-state index contributed by atoms with van der Waals surface area (Å²) in [5.41, 5.74) is 7.79. The van der Waals surface area contributed by atoms with Gasteiger partial charge in [-0.15, -0.1) is 6.58 Å². The van der Waals surface area contributed by atoms with E-state index < -0.39 is 5.97 Å². The zero-order valence-corrected chi connectivity index (χ0v) is 8.03. The van der Waals surface area contributed by atoms with Crippen LogP contribution in [0.15, 0.2) is 30.9 Å². The van der Waals surface area contributed by atoms with Crippen molar-refractivity contribution in [3.05, 3.63) is 47.5 Å². The summed E-state index contributed by atoms with van der Waals surface area (Å²) in [6.45, 7) is 5.47. The van der Waals surface area contributed by atoms with E-state index in [1.807, 2.05) is 6.92 Å². The Morgan fingerprint density at radius 1 is 1.64 bits per heavy atom. The molecule has 0 saturated heterocycles. The molecule has 0 fully saturated rings. The van der Waals surface area contributed by atoms with Crippen molar-refractivity contribution in [2.45, 2.75) is 13.0 Å². The van der Waals surface area contributed by atoms with Crippen LogP contribution < -0.4 is 5.73 Å². The number of nitrogens with two attached hydrogens (primary N) is 1. The highest BCUT2D eigenvalue weighted by atomic mass is 16.4. The molecule has 0 bridgehead atoms. The Balaban J connectivity index is 3.20. The topological polar surface area (TPSA) is 63.3 Å². The molecule has 3 heteroatoms. The quantitative estimate of drug-likeness (QED) is 0.717. The maximum absolute atomic E-state index is 10.7. The fourth-order valence-electron chi connectivity index (χ4n) is 1.26. The molecule has 0 saturated carbocycles. The molecule has 14 heavy (non-hydrogen) atoms. The molecule has 0 unspecified atom stereocenters. The highest BCUT2D eigenvalue weighted by Crippen LogP contribution is 2.18. The second-order valence-corrected chi connectivity index (χ2v) is 3.14. The first-order valence-electron chi connectivity index (χ1n) is 4.28. The maximum Gasteiger partial charge on any atom is 0.335 e. The molecule has 1 atom stereocenters. The summed E-state index contributed by atoms with van der Waals surface area (Å²) < 4.78 is 0. The van der Waals surface area contributed by atoms with E-state index in [9.17, 15) is 4.79 Å². The number of benzene rings is 1. The van der Waals surface area contributed by atoms with Crippen molar-refractivity contribution < 1.29 is 9.90 Å². The zero-order valence-electron chi connectivity index (χ0n) is 8.03. The van der Waals surface area contributed by atoms with Crippen LogP contribution in [0.25, 0.3) is 0 Å². The van der Waals surface area contributed by atoms with Crippen LogP contribution in [0.1, 0.15) is 27.5 Å². The molecule has 0 radical (unpaired) electrons. The Labute approximate surface area is 82.9 Å². The minimum atomic E-state index is -0.942. The van der Waals surface area contributed by atoms with Crippen molar-refractivity contribution in [2.24, 2.45) is 5.73 Å². The average molecular weight is 191 g/mol. The van der Waals surface area contributed by atoms with Crippen molar-refractivity contribution in [1.29, 1.82) is 0 Å². The van der Waals surface area contributed by atoms with E-state index in [2.05, 4.69) is 6.58 Å². The first-order valence-corrected chi connectivity index (χ1v) is 4.28. The molecule has 0 aliphatic heterocycles. The number of aromatic carboxylic acids is 1. The zero-order chi connectivity index (χ0) is 10.7. The Morgan fingerprint density at radius 2 is 2.29 bits per heavy atom. The lowest BCUT2D eigenvalue weighted by Gasteiger charge is -2.10. The molecule has 3 N–H and O–H groups in total. The number of carboxylic acids is 1. The van der Waals surface area contributed by atoms with Crippen LogP contribution in [0, 0.1) is 6.92 Å². The molecule has 0 spiro atoms. The molecule has 3 nitrogen and oxygen atoms in total. The second kappa shape index (κ2) is 4.07. The van der Waals surface area contributed by atoms with Crippen LogP contribution in [0.5, 0.6) is 0 Å². The van der Waals surface area contributed by atoms with Gasteiger partial charge in [-0.2, -0.15) is 0 Å². The number of carbonyl (C=O) groups is 1. The van der Waals surface area contributed by atoms with E-state index >= 15 is 0 Å². The smallest absolute Gasteiger partial charge is 0.335 e. The number of hydrogen-bond donors (Lipinski definition) is 2. The third kappa shape index (κ3) is 2.00. The molecule has 1 aromatic carbocycles. The van der Waals surface area contributed by atoms with Gasteiger partial charge in [-0.05, 0) is 30.2 Å². The van der Waals surface area contributed by atoms with Gasteiger partial charge in [0.1, 0.15) is 0 Å². The van der Waals surface area contributed by atoms with E-state index in [1.54, 1.807) is 24.3 Å². The third-order valence-electron chi connectivity index (χ3n) is 2.14. The van der Waals surface area contributed by atoms with Gasteiger partial charge >= 0.3 is 5.97 Å². The highest BCUT2D eigenvalue weighted by molar-refractivity contribution is 5.88. The SMILES string of the molecule is C=C[C@@H](N)c1cc(C(=O)O)ccc1C. The van der Waals surface area contributed by atoms with E-state index in [1.165, 1.54) is 0 Å². The minimum absolute atomic E-state index is 0.253. The summed E-state index contributed by atoms with van der Waals surface area (Å²) in [4.78, 5) is 10.7. The predicted molar refractivity (Wildman–Crippen MR) is 55.3 cm³/mol. The average Bonchev–Trinajstić information content (AvgIpc) is 2.17. The van der Waals surface area contributed by atoms with Crippen molar-refractivity contribution in [3.8, 4) is 0 Å². The summed E-state index contributed by atoms with van der Waals surface area (Å²) in [5, 5.41) is 8.79. The van der Waals surface area contributed by atoms with E-state index in [-0.39, 0.29) is 11.6 Å². The lowest BCUT2D eigenvalue weighted by Crippen LogP contribution is -2.10. The fraction of sp³-hybridized carbons (Fsp3) is 0.182. The van der Waals surface area contributed by atoms with E-state index in [4.69, 9.17) is 10.8 Å². The third-order valence-corrected chi connectivity index (χ3v) is 2.14. The fourth-order valence-corrected chi connectivity index (χ4v) is 1.26.